The standard InChI is InChI=1S/C19H22BrNO4/c1-4-22-18-8-13(7-15(20)19(18)25-12(2)3)10-21-14-5-6-16-17(9-14)24-11-23-16/h5-9,12,21H,4,10-11H2,1-3H3. The van der Waals surface area contributed by atoms with Gasteiger partial charge in [-0.15, -0.1) is 0 Å². The Morgan fingerprint density at radius 2 is 1.96 bits per heavy atom. The molecule has 0 fully saturated rings. The molecule has 25 heavy (non-hydrogen) atoms. The van der Waals surface area contributed by atoms with Gasteiger partial charge in [-0.2, -0.15) is 0 Å². The van der Waals surface area contributed by atoms with E-state index in [9.17, 15) is 0 Å². The van der Waals surface area contributed by atoms with E-state index in [4.69, 9.17) is 18.9 Å². The van der Waals surface area contributed by atoms with Gasteiger partial charge in [0.2, 0.25) is 6.79 Å². The third-order valence-corrected chi connectivity index (χ3v) is 4.18. The van der Waals surface area contributed by atoms with Crippen LogP contribution in [0.1, 0.15) is 26.3 Å². The minimum absolute atomic E-state index is 0.0770. The molecule has 0 amide bonds. The first kappa shape index (κ1) is 17.7. The van der Waals surface area contributed by atoms with Crippen molar-refractivity contribution in [2.45, 2.75) is 33.4 Å². The summed E-state index contributed by atoms with van der Waals surface area (Å²) in [6.07, 6.45) is 0.0770. The van der Waals surface area contributed by atoms with Gasteiger partial charge in [0, 0.05) is 18.3 Å². The quantitative estimate of drug-likeness (QED) is 0.701. The Labute approximate surface area is 156 Å². The number of halogens is 1. The lowest BCUT2D eigenvalue weighted by atomic mass is 10.2. The Hall–Kier alpha value is -2.08. The first-order valence-electron chi connectivity index (χ1n) is 8.32. The summed E-state index contributed by atoms with van der Waals surface area (Å²) >= 11 is 3.59. The predicted molar refractivity (Wildman–Crippen MR) is 101 cm³/mol. The average Bonchev–Trinajstić information content (AvgIpc) is 3.03. The molecule has 0 spiro atoms. The zero-order valence-electron chi connectivity index (χ0n) is 14.6. The summed E-state index contributed by atoms with van der Waals surface area (Å²) in [6, 6.07) is 9.87. The highest BCUT2D eigenvalue weighted by molar-refractivity contribution is 9.10. The van der Waals surface area contributed by atoms with E-state index in [0.717, 1.165) is 38.7 Å². The Bertz CT molecular complexity index is 748. The van der Waals surface area contributed by atoms with Gasteiger partial charge in [0.25, 0.3) is 0 Å². The van der Waals surface area contributed by atoms with Crippen molar-refractivity contribution < 1.29 is 18.9 Å². The fourth-order valence-corrected chi connectivity index (χ4v) is 3.13. The second-order valence-corrected chi connectivity index (χ2v) is 6.78. The van der Waals surface area contributed by atoms with Crippen LogP contribution in [0, 0.1) is 0 Å². The second kappa shape index (κ2) is 7.87. The van der Waals surface area contributed by atoms with Gasteiger partial charge in [-0.05, 0) is 66.5 Å². The van der Waals surface area contributed by atoms with Gasteiger partial charge in [0.15, 0.2) is 23.0 Å². The van der Waals surface area contributed by atoms with Crippen LogP contribution in [0.25, 0.3) is 0 Å². The summed E-state index contributed by atoms with van der Waals surface area (Å²) in [5.41, 5.74) is 2.06. The molecule has 0 unspecified atom stereocenters. The number of hydrogen-bond acceptors (Lipinski definition) is 5. The molecule has 134 valence electrons. The molecule has 0 aliphatic carbocycles. The molecule has 0 atom stereocenters. The maximum Gasteiger partial charge on any atom is 0.231 e. The minimum Gasteiger partial charge on any atom is -0.490 e. The van der Waals surface area contributed by atoms with Crippen LogP contribution in [0.2, 0.25) is 0 Å². The molecule has 0 saturated heterocycles. The third kappa shape index (κ3) is 4.31. The van der Waals surface area contributed by atoms with E-state index in [1.807, 2.05) is 51.1 Å². The lowest BCUT2D eigenvalue weighted by Gasteiger charge is -2.18. The van der Waals surface area contributed by atoms with Crippen molar-refractivity contribution in [1.82, 2.24) is 0 Å². The summed E-state index contributed by atoms with van der Waals surface area (Å²) in [4.78, 5) is 0. The fourth-order valence-electron chi connectivity index (χ4n) is 2.55. The molecule has 5 nitrogen and oxygen atoms in total. The normalized spacial score (nSPS) is 12.4. The fraction of sp³-hybridized carbons (Fsp3) is 0.368. The van der Waals surface area contributed by atoms with E-state index >= 15 is 0 Å². The van der Waals surface area contributed by atoms with Crippen LogP contribution in [0.4, 0.5) is 5.69 Å². The van der Waals surface area contributed by atoms with E-state index in [-0.39, 0.29) is 12.9 Å². The number of nitrogens with one attached hydrogen (secondary N) is 1. The first-order valence-corrected chi connectivity index (χ1v) is 9.11. The molecule has 3 rings (SSSR count). The smallest absolute Gasteiger partial charge is 0.231 e. The highest BCUT2D eigenvalue weighted by Crippen LogP contribution is 2.38. The van der Waals surface area contributed by atoms with Crippen molar-refractivity contribution in [2.24, 2.45) is 0 Å². The van der Waals surface area contributed by atoms with E-state index in [0.29, 0.717) is 13.2 Å². The summed E-state index contributed by atoms with van der Waals surface area (Å²) in [5, 5.41) is 3.39. The average molecular weight is 408 g/mol. The Morgan fingerprint density at radius 3 is 2.72 bits per heavy atom. The van der Waals surface area contributed by atoms with Crippen molar-refractivity contribution in [3.05, 3.63) is 40.4 Å². The second-order valence-electron chi connectivity index (χ2n) is 5.93. The van der Waals surface area contributed by atoms with E-state index < -0.39 is 0 Å². The minimum atomic E-state index is 0.0770. The molecular weight excluding hydrogens is 386 g/mol. The van der Waals surface area contributed by atoms with Crippen molar-refractivity contribution in [3.63, 3.8) is 0 Å². The Morgan fingerprint density at radius 1 is 1.16 bits per heavy atom. The molecule has 0 aromatic heterocycles. The molecule has 1 aliphatic heterocycles. The van der Waals surface area contributed by atoms with Crippen molar-refractivity contribution in [1.29, 1.82) is 0 Å². The summed E-state index contributed by atoms with van der Waals surface area (Å²) in [6.45, 7) is 7.47. The monoisotopic (exact) mass is 407 g/mol. The zero-order chi connectivity index (χ0) is 17.8. The number of hydrogen-bond donors (Lipinski definition) is 1. The van der Waals surface area contributed by atoms with Gasteiger partial charge in [-0.3, -0.25) is 0 Å². The van der Waals surface area contributed by atoms with Crippen LogP contribution in [0.5, 0.6) is 23.0 Å². The van der Waals surface area contributed by atoms with E-state index in [1.165, 1.54) is 0 Å². The maximum atomic E-state index is 5.87. The first-order chi connectivity index (χ1) is 12.1. The molecule has 1 heterocycles. The lowest BCUT2D eigenvalue weighted by Crippen LogP contribution is -2.09. The van der Waals surface area contributed by atoms with Crippen LogP contribution in [-0.4, -0.2) is 19.5 Å². The molecule has 0 bridgehead atoms. The maximum absolute atomic E-state index is 5.87. The number of fused-ring (bicyclic) bond motifs is 1. The summed E-state index contributed by atoms with van der Waals surface area (Å²) in [7, 11) is 0. The van der Waals surface area contributed by atoms with Crippen LogP contribution >= 0.6 is 15.9 Å². The molecule has 2 aromatic carbocycles. The van der Waals surface area contributed by atoms with Gasteiger partial charge in [0.1, 0.15) is 0 Å². The summed E-state index contributed by atoms with van der Waals surface area (Å²) in [5.74, 6) is 3.03. The molecule has 0 radical (unpaired) electrons. The summed E-state index contributed by atoms with van der Waals surface area (Å²) < 4.78 is 23.3. The number of anilines is 1. The number of benzene rings is 2. The Kier molecular flexibility index (Phi) is 5.58. The Balaban J connectivity index is 1.75. The number of rotatable bonds is 7. The van der Waals surface area contributed by atoms with Gasteiger partial charge in [0.05, 0.1) is 17.2 Å². The molecule has 1 aliphatic rings. The topological polar surface area (TPSA) is 49.0 Å². The highest BCUT2D eigenvalue weighted by Gasteiger charge is 2.15. The van der Waals surface area contributed by atoms with Gasteiger partial charge >= 0.3 is 0 Å². The predicted octanol–water partition coefficient (Wildman–Crippen LogP) is 4.98. The SMILES string of the molecule is CCOc1cc(CNc2ccc3c(c2)OCO3)cc(Br)c1OC(C)C. The molecule has 0 saturated carbocycles. The largest absolute Gasteiger partial charge is 0.490 e. The van der Waals surface area contributed by atoms with Gasteiger partial charge in [-0.1, -0.05) is 0 Å². The molecule has 2 aromatic rings. The van der Waals surface area contributed by atoms with Crippen molar-refractivity contribution >= 4 is 21.6 Å². The van der Waals surface area contributed by atoms with Crippen molar-refractivity contribution in [2.75, 3.05) is 18.7 Å². The van der Waals surface area contributed by atoms with Crippen molar-refractivity contribution in [3.8, 4) is 23.0 Å². The van der Waals surface area contributed by atoms with Crippen LogP contribution in [0.15, 0.2) is 34.8 Å². The highest BCUT2D eigenvalue weighted by atomic mass is 79.9. The van der Waals surface area contributed by atoms with Crippen LogP contribution in [-0.2, 0) is 6.54 Å². The number of ether oxygens (including phenoxy) is 4. The van der Waals surface area contributed by atoms with Gasteiger partial charge < -0.3 is 24.3 Å². The molecule has 6 heteroatoms. The third-order valence-electron chi connectivity index (χ3n) is 3.59. The zero-order valence-corrected chi connectivity index (χ0v) is 16.2. The molecular formula is C19H22BrNO4. The van der Waals surface area contributed by atoms with E-state index in [1.54, 1.807) is 0 Å². The van der Waals surface area contributed by atoms with E-state index in [2.05, 4.69) is 21.2 Å². The van der Waals surface area contributed by atoms with Gasteiger partial charge in [-0.25, -0.2) is 0 Å². The van der Waals surface area contributed by atoms with Crippen LogP contribution in [0.3, 0.4) is 0 Å². The van der Waals surface area contributed by atoms with Crippen LogP contribution < -0.4 is 24.3 Å². The lowest BCUT2D eigenvalue weighted by molar-refractivity contribution is 0.174. The molecule has 1 N–H and O–H groups in total.